The van der Waals surface area contributed by atoms with Crippen LogP contribution < -0.4 is 20.1 Å². The molecule has 2 aromatic carbocycles. The van der Waals surface area contributed by atoms with Crippen LogP contribution in [0.3, 0.4) is 0 Å². The zero-order chi connectivity index (χ0) is 18.8. The van der Waals surface area contributed by atoms with Crippen LogP contribution >= 0.6 is 11.3 Å². The van der Waals surface area contributed by atoms with Gasteiger partial charge in [-0.3, -0.25) is 14.9 Å². The molecule has 0 atom stereocenters. The minimum absolute atomic E-state index is 0.120. The number of nitrogens with one attached hydrogen (secondary N) is 2. The van der Waals surface area contributed by atoms with Crippen molar-refractivity contribution in [3.05, 3.63) is 53.4 Å². The second kappa shape index (κ2) is 7.08. The Bertz CT molecular complexity index is 1010. The number of rotatable bonds is 4. The van der Waals surface area contributed by atoms with E-state index in [9.17, 15) is 9.59 Å². The molecule has 0 bridgehead atoms. The first-order valence-corrected chi connectivity index (χ1v) is 9.01. The van der Waals surface area contributed by atoms with E-state index in [1.807, 2.05) is 17.5 Å². The summed E-state index contributed by atoms with van der Waals surface area (Å²) in [6, 6.07) is 12.4. The maximum Gasteiger partial charge on any atom is 0.257 e. The monoisotopic (exact) mass is 381 g/mol. The van der Waals surface area contributed by atoms with Gasteiger partial charge < -0.3 is 14.8 Å². The summed E-state index contributed by atoms with van der Waals surface area (Å²) in [7, 11) is 0. The van der Waals surface area contributed by atoms with Gasteiger partial charge in [-0.25, -0.2) is 4.98 Å². The Hall–Kier alpha value is -3.39. The van der Waals surface area contributed by atoms with E-state index in [1.54, 1.807) is 30.3 Å². The summed E-state index contributed by atoms with van der Waals surface area (Å²) in [6.07, 6.45) is 0. The summed E-state index contributed by atoms with van der Waals surface area (Å²) >= 11 is 1.34. The van der Waals surface area contributed by atoms with E-state index >= 15 is 0 Å². The average Bonchev–Trinajstić information content (AvgIpc) is 3.30. The second-order valence-electron chi connectivity index (χ2n) is 5.82. The molecule has 8 heteroatoms. The van der Waals surface area contributed by atoms with Crippen LogP contribution in [0.25, 0.3) is 11.3 Å². The standard InChI is InChI=1S/C19H15N3O4S/c1-11(23)20-14-5-2-12(3-6-14)15-9-27-19(21-15)22-18(24)13-4-7-16-17(8-13)26-10-25-16/h2-9H,10H2,1H3,(H,20,23)(H,21,22,24). The van der Waals surface area contributed by atoms with Crippen molar-refractivity contribution in [1.29, 1.82) is 0 Å². The van der Waals surface area contributed by atoms with Gasteiger partial charge in [0.05, 0.1) is 5.69 Å². The first-order chi connectivity index (χ1) is 13.1. The third kappa shape index (κ3) is 3.75. The van der Waals surface area contributed by atoms with Gasteiger partial charge in [0.15, 0.2) is 16.6 Å². The van der Waals surface area contributed by atoms with Gasteiger partial charge >= 0.3 is 0 Å². The van der Waals surface area contributed by atoms with Gasteiger partial charge in [-0.1, -0.05) is 12.1 Å². The van der Waals surface area contributed by atoms with Gasteiger partial charge in [-0.05, 0) is 30.3 Å². The van der Waals surface area contributed by atoms with E-state index in [0.29, 0.717) is 22.2 Å². The Morgan fingerprint density at radius 2 is 1.81 bits per heavy atom. The molecular formula is C19H15N3O4S. The van der Waals surface area contributed by atoms with Gasteiger partial charge in [0.2, 0.25) is 12.7 Å². The highest BCUT2D eigenvalue weighted by molar-refractivity contribution is 7.14. The maximum atomic E-state index is 12.4. The average molecular weight is 381 g/mol. The molecule has 0 fully saturated rings. The summed E-state index contributed by atoms with van der Waals surface area (Å²) < 4.78 is 10.5. The Morgan fingerprint density at radius 3 is 2.59 bits per heavy atom. The summed E-state index contributed by atoms with van der Waals surface area (Å²) in [4.78, 5) is 28.0. The number of thiazole rings is 1. The highest BCUT2D eigenvalue weighted by Crippen LogP contribution is 2.33. The van der Waals surface area contributed by atoms with Gasteiger partial charge in [0.1, 0.15) is 0 Å². The molecule has 2 N–H and O–H groups in total. The van der Waals surface area contributed by atoms with Crippen molar-refractivity contribution in [3.8, 4) is 22.8 Å². The lowest BCUT2D eigenvalue weighted by Crippen LogP contribution is -2.11. The number of nitrogens with zero attached hydrogens (tertiary/aromatic N) is 1. The number of hydrogen-bond acceptors (Lipinski definition) is 6. The van der Waals surface area contributed by atoms with E-state index < -0.39 is 0 Å². The topological polar surface area (TPSA) is 89.6 Å². The lowest BCUT2D eigenvalue weighted by Gasteiger charge is -2.04. The number of anilines is 2. The van der Waals surface area contributed by atoms with E-state index in [4.69, 9.17) is 9.47 Å². The van der Waals surface area contributed by atoms with Crippen molar-refractivity contribution in [1.82, 2.24) is 4.98 Å². The molecule has 2 heterocycles. The molecule has 7 nitrogen and oxygen atoms in total. The van der Waals surface area contributed by atoms with Crippen LogP contribution in [0.4, 0.5) is 10.8 Å². The fraction of sp³-hybridized carbons (Fsp3) is 0.105. The van der Waals surface area contributed by atoms with E-state index in [1.165, 1.54) is 18.3 Å². The first-order valence-electron chi connectivity index (χ1n) is 8.13. The summed E-state index contributed by atoms with van der Waals surface area (Å²) in [5, 5.41) is 7.87. The van der Waals surface area contributed by atoms with Crippen LogP contribution in [0, 0.1) is 0 Å². The molecule has 4 rings (SSSR count). The summed E-state index contributed by atoms with van der Waals surface area (Å²) in [5.74, 6) is 0.799. The maximum absolute atomic E-state index is 12.4. The minimum Gasteiger partial charge on any atom is -0.454 e. The quantitative estimate of drug-likeness (QED) is 0.718. The van der Waals surface area contributed by atoms with Crippen molar-refractivity contribution >= 4 is 34.0 Å². The Morgan fingerprint density at radius 1 is 1.04 bits per heavy atom. The third-order valence-corrected chi connectivity index (χ3v) is 4.62. The number of carbonyl (C=O) groups excluding carboxylic acids is 2. The smallest absolute Gasteiger partial charge is 0.257 e. The first kappa shape index (κ1) is 17.0. The number of amides is 2. The van der Waals surface area contributed by atoms with E-state index in [2.05, 4.69) is 15.6 Å². The van der Waals surface area contributed by atoms with Crippen LogP contribution in [0.1, 0.15) is 17.3 Å². The molecule has 0 unspecified atom stereocenters. The predicted molar refractivity (Wildman–Crippen MR) is 102 cm³/mol. The highest BCUT2D eigenvalue weighted by Gasteiger charge is 2.17. The molecule has 136 valence electrons. The van der Waals surface area contributed by atoms with Crippen molar-refractivity contribution in [2.45, 2.75) is 6.92 Å². The van der Waals surface area contributed by atoms with Crippen molar-refractivity contribution in [2.24, 2.45) is 0 Å². The number of hydrogen-bond donors (Lipinski definition) is 2. The molecule has 3 aromatic rings. The normalized spacial score (nSPS) is 11.9. The van der Waals surface area contributed by atoms with Crippen LogP contribution in [0.2, 0.25) is 0 Å². The molecule has 27 heavy (non-hydrogen) atoms. The molecule has 1 aromatic heterocycles. The Kier molecular flexibility index (Phi) is 4.47. The molecular weight excluding hydrogens is 366 g/mol. The molecule has 2 amide bonds. The highest BCUT2D eigenvalue weighted by atomic mass is 32.1. The molecule has 1 aliphatic heterocycles. The van der Waals surface area contributed by atoms with E-state index in [-0.39, 0.29) is 18.6 Å². The zero-order valence-electron chi connectivity index (χ0n) is 14.3. The molecule has 0 aliphatic carbocycles. The van der Waals surface area contributed by atoms with Crippen molar-refractivity contribution < 1.29 is 19.1 Å². The number of benzene rings is 2. The largest absolute Gasteiger partial charge is 0.454 e. The van der Waals surface area contributed by atoms with Crippen LogP contribution in [0.15, 0.2) is 47.8 Å². The fourth-order valence-corrected chi connectivity index (χ4v) is 3.31. The van der Waals surface area contributed by atoms with Gasteiger partial charge in [0.25, 0.3) is 5.91 Å². The number of ether oxygens (including phenoxy) is 2. The van der Waals surface area contributed by atoms with Crippen molar-refractivity contribution in [2.75, 3.05) is 17.4 Å². The van der Waals surface area contributed by atoms with Gasteiger partial charge in [0, 0.05) is 29.1 Å². The SMILES string of the molecule is CC(=O)Nc1ccc(-c2csc(NC(=O)c3ccc4c(c3)OCO4)n2)cc1. The summed E-state index contributed by atoms with van der Waals surface area (Å²) in [6.45, 7) is 1.63. The molecule has 0 saturated heterocycles. The molecule has 0 spiro atoms. The zero-order valence-corrected chi connectivity index (χ0v) is 15.1. The van der Waals surface area contributed by atoms with Crippen LogP contribution in [-0.4, -0.2) is 23.6 Å². The fourth-order valence-electron chi connectivity index (χ4n) is 2.60. The van der Waals surface area contributed by atoms with E-state index in [0.717, 1.165) is 16.9 Å². The lowest BCUT2D eigenvalue weighted by molar-refractivity contribution is -0.114. The third-order valence-electron chi connectivity index (χ3n) is 3.86. The summed E-state index contributed by atoms with van der Waals surface area (Å²) in [5.41, 5.74) is 2.83. The second-order valence-corrected chi connectivity index (χ2v) is 6.68. The molecule has 0 saturated carbocycles. The van der Waals surface area contributed by atoms with Gasteiger partial charge in [-0.15, -0.1) is 11.3 Å². The molecule has 0 radical (unpaired) electrons. The lowest BCUT2D eigenvalue weighted by atomic mass is 10.1. The molecule has 1 aliphatic rings. The Balaban J connectivity index is 1.46. The number of aromatic nitrogens is 1. The Labute approximate surface area is 159 Å². The van der Waals surface area contributed by atoms with Crippen LogP contribution in [0.5, 0.6) is 11.5 Å². The number of fused-ring (bicyclic) bond motifs is 1. The van der Waals surface area contributed by atoms with Crippen LogP contribution in [-0.2, 0) is 4.79 Å². The minimum atomic E-state index is -0.268. The predicted octanol–water partition coefficient (Wildman–Crippen LogP) is 3.75. The van der Waals surface area contributed by atoms with Crippen molar-refractivity contribution in [3.63, 3.8) is 0 Å². The van der Waals surface area contributed by atoms with Gasteiger partial charge in [-0.2, -0.15) is 0 Å². The number of carbonyl (C=O) groups is 2.